The number of carbonyl (C=O) groups is 2. The number of nitrogens with one attached hydrogen (secondary N) is 2. The maximum atomic E-state index is 12.4. The molecule has 3 aromatic rings. The number of nitrogens with zero attached hydrogens (tertiary/aromatic N) is 1. The monoisotopic (exact) mass is 401 g/mol. The molecule has 2 N–H and O–H groups in total. The fourth-order valence-electron chi connectivity index (χ4n) is 2.07. The van der Waals surface area contributed by atoms with Crippen LogP contribution in [-0.2, 0) is 0 Å². The molecule has 0 saturated heterocycles. The Morgan fingerprint density at radius 3 is 2.29 bits per heavy atom. The second kappa shape index (κ2) is 7.37. The number of hydrogen-bond acceptors (Lipinski definition) is 4. The predicted octanol–water partition coefficient (Wildman–Crippen LogP) is 4.41. The maximum absolute atomic E-state index is 12.4. The minimum absolute atomic E-state index is 0.294. The number of anilines is 2. The number of halogens is 1. The number of thiazole rings is 1. The summed E-state index contributed by atoms with van der Waals surface area (Å²) in [6.45, 7) is 0. The van der Waals surface area contributed by atoms with Gasteiger partial charge in [0.15, 0.2) is 5.13 Å². The molecule has 0 aliphatic carbocycles. The summed E-state index contributed by atoms with van der Waals surface area (Å²) in [5, 5.41) is 7.77. The molecule has 0 aliphatic heterocycles. The van der Waals surface area contributed by atoms with Crippen molar-refractivity contribution < 1.29 is 9.59 Å². The van der Waals surface area contributed by atoms with Crippen LogP contribution in [-0.4, -0.2) is 16.8 Å². The smallest absolute Gasteiger partial charge is 0.259 e. The molecular formula is C17H12BrN3O2S. The van der Waals surface area contributed by atoms with Gasteiger partial charge in [0.1, 0.15) is 0 Å². The number of aromatic nitrogens is 1. The van der Waals surface area contributed by atoms with Gasteiger partial charge in [-0.05, 0) is 40.2 Å². The van der Waals surface area contributed by atoms with E-state index in [2.05, 4.69) is 31.5 Å². The molecule has 0 bridgehead atoms. The number of hydrogen-bond donors (Lipinski definition) is 2. The lowest BCUT2D eigenvalue weighted by Gasteiger charge is -2.11. The van der Waals surface area contributed by atoms with Crippen LogP contribution in [0.5, 0.6) is 0 Å². The van der Waals surface area contributed by atoms with Crippen molar-refractivity contribution in [3.05, 3.63) is 75.7 Å². The molecule has 0 saturated carbocycles. The summed E-state index contributed by atoms with van der Waals surface area (Å²) in [7, 11) is 0. The van der Waals surface area contributed by atoms with Gasteiger partial charge >= 0.3 is 0 Å². The van der Waals surface area contributed by atoms with Crippen LogP contribution < -0.4 is 10.6 Å². The standard InChI is InChI=1S/C17H12BrN3O2S/c18-13-7-3-1-5-11(13)15(22)20-14-8-4-2-6-12(14)16(23)21-17-19-9-10-24-17/h1-10H,(H,20,22)(H,19,21,23). The van der Waals surface area contributed by atoms with Crippen LogP contribution >= 0.6 is 27.3 Å². The Bertz CT molecular complexity index is 881. The zero-order valence-corrected chi connectivity index (χ0v) is 14.7. The first kappa shape index (κ1) is 16.4. The lowest BCUT2D eigenvalue weighted by molar-refractivity contribution is 0.102. The summed E-state index contributed by atoms with van der Waals surface area (Å²) in [4.78, 5) is 28.9. The van der Waals surface area contributed by atoms with Gasteiger partial charge in [0, 0.05) is 16.0 Å². The third-order valence-corrected chi connectivity index (χ3v) is 4.57. The molecule has 0 radical (unpaired) electrons. The van der Waals surface area contributed by atoms with Gasteiger partial charge in [0.05, 0.1) is 16.8 Å². The Kier molecular flexibility index (Phi) is 5.02. The fourth-order valence-corrected chi connectivity index (χ4v) is 3.06. The molecule has 1 aromatic heterocycles. The van der Waals surface area contributed by atoms with Gasteiger partial charge in [-0.1, -0.05) is 24.3 Å². The summed E-state index contributed by atoms with van der Waals surface area (Å²) in [6.07, 6.45) is 1.61. The van der Waals surface area contributed by atoms with E-state index >= 15 is 0 Å². The zero-order valence-electron chi connectivity index (χ0n) is 12.3. The van der Waals surface area contributed by atoms with Crippen LogP contribution in [0.25, 0.3) is 0 Å². The Balaban J connectivity index is 1.83. The first-order valence-corrected chi connectivity index (χ1v) is 8.68. The van der Waals surface area contributed by atoms with Crippen LogP contribution in [0, 0.1) is 0 Å². The van der Waals surface area contributed by atoms with Crippen molar-refractivity contribution in [3.8, 4) is 0 Å². The average Bonchev–Trinajstić information content (AvgIpc) is 3.08. The summed E-state index contributed by atoms with van der Waals surface area (Å²) in [5.41, 5.74) is 1.30. The van der Waals surface area contributed by atoms with Gasteiger partial charge in [0.2, 0.25) is 0 Å². The summed E-state index contributed by atoms with van der Waals surface area (Å²) < 4.78 is 0.687. The van der Waals surface area contributed by atoms with Crippen molar-refractivity contribution in [2.24, 2.45) is 0 Å². The van der Waals surface area contributed by atoms with E-state index < -0.39 is 0 Å². The molecule has 2 aromatic carbocycles. The minimum atomic E-state index is -0.326. The van der Waals surface area contributed by atoms with E-state index in [0.717, 1.165) is 0 Å². The maximum Gasteiger partial charge on any atom is 0.259 e. The molecule has 1 heterocycles. The van der Waals surface area contributed by atoms with Crippen molar-refractivity contribution in [1.82, 2.24) is 4.98 Å². The normalized spacial score (nSPS) is 10.2. The highest BCUT2D eigenvalue weighted by Crippen LogP contribution is 2.21. The van der Waals surface area contributed by atoms with Crippen LogP contribution in [0.2, 0.25) is 0 Å². The van der Waals surface area contributed by atoms with E-state index in [1.54, 1.807) is 54.0 Å². The molecule has 120 valence electrons. The predicted molar refractivity (Wildman–Crippen MR) is 98.6 cm³/mol. The van der Waals surface area contributed by atoms with Crippen LogP contribution in [0.15, 0.2) is 64.6 Å². The second-order valence-electron chi connectivity index (χ2n) is 4.77. The second-order valence-corrected chi connectivity index (χ2v) is 6.52. The molecule has 0 unspecified atom stereocenters. The first-order valence-electron chi connectivity index (χ1n) is 7.01. The van der Waals surface area contributed by atoms with E-state index in [0.29, 0.717) is 26.4 Å². The van der Waals surface area contributed by atoms with Gasteiger partial charge in [-0.3, -0.25) is 14.9 Å². The van der Waals surface area contributed by atoms with Crippen molar-refractivity contribution in [2.45, 2.75) is 0 Å². The fraction of sp³-hybridized carbons (Fsp3) is 0. The highest BCUT2D eigenvalue weighted by Gasteiger charge is 2.16. The van der Waals surface area contributed by atoms with Gasteiger partial charge in [-0.2, -0.15) is 0 Å². The Morgan fingerprint density at radius 1 is 0.917 bits per heavy atom. The minimum Gasteiger partial charge on any atom is -0.321 e. The van der Waals surface area contributed by atoms with Crippen LogP contribution in [0.3, 0.4) is 0 Å². The molecule has 3 rings (SSSR count). The van der Waals surface area contributed by atoms with Crippen molar-refractivity contribution in [3.63, 3.8) is 0 Å². The van der Waals surface area contributed by atoms with Crippen molar-refractivity contribution in [1.29, 1.82) is 0 Å². The van der Waals surface area contributed by atoms with E-state index in [9.17, 15) is 9.59 Å². The van der Waals surface area contributed by atoms with Crippen molar-refractivity contribution >= 4 is 49.9 Å². The molecule has 0 spiro atoms. The third-order valence-electron chi connectivity index (χ3n) is 3.19. The van der Waals surface area contributed by atoms with E-state index in [1.807, 2.05) is 6.07 Å². The number of para-hydroxylation sites is 1. The van der Waals surface area contributed by atoms with E-state index in [1.165, 1.54) is 11.3 Å². The SMILES string of the molecule is O=C(Nc1ccccc1C(=O)Nc1nccs1)c1ccccc1Br. The van der Waals surface area contributed by atoms with Gasteiger partial charge < -0.3 is 5.32 Å². The Hall–Kier alpha value is -2.51. The topological polar surface area (TPSA) is 71.1 Å². The number of benzene rings is 2. The van der Waals surface area contributed by atoms with Crippen LogP contribution in [0.4, 0.5) is 10.8 Å². The lowest BCUT2D eigenvalue weighted by Crippen LogP contribution is -2.18. The average molecular weight is 402 g/mol. The number of amides is 2. The van der Waals surface area contributed by atoms with Gasteiger partial charge in [-0.15, -0.1) is 11.3 Å². The zero-order chi connectivity index (χ0) is 16.9. The summed E-state index contributed by atoms with van der Waals surface area (Å²) >= 11 is 4.68. The summed E-state index contributed by atoms with van der Waals surface area (Å²) in [6, 6.07) is 13.9. The Labute approximate surface area is 150 Å². The van der Waals surface area contributed by atoms with Gasteiger partial charge in [0.25, 0.3) is 11.8 Å². The number of rotatable bonds is 4. The molecule has 0 aliphatic rings. The lowest BCUT2D eigenvalue weighted by atomic mass is 10.1. The molecule has 0 fully saturated rings. The quantitative estimate of drug-likeness (QED) is 0.679. The molecule has 0 atom stereocenters. The summed E-state index contributed by atoms with van der Waals surface area (Å²) in [5.74, 6) is -0.620. The molecular weight excluding hydrogens is 390 g/mol. The highest BCUT2D eigenvalue weighted by atomic mass is 79.9. The molecule has 2 amide bonds. The van der Waals surface area contributed by atoms with E-state index in [4.69, 9.17) is 0 Å². The molecule has 24 heavy (non-hydrogen) atoms. The number of carbonyl (C=O) groups excluding carboxylic acids is 2. The molecule has 5 nitrogen and oxygen atoms in total. The first-order chi connectivity index (χ1) is 11.6. The highest BCUT2D eigenvalue weighted by molar-refractivity contribution is 9.10. The van der Waals surface area contributed by atoms with Gasteiger partial charge in [-0.25, -0.2) is 4.98 Å². The third kappa shape index (κ3) is 3.69. The van der Waals surface area contributed by atoms with Crippen molar-refractivity contribution in [2.75, 3.05) is 10.6 Å². The molecule has 7 heteroatoms. The van der Waals surface area contributed by atoms with E-state index in [-0.39, 0.29) is 11.8 Å². The Morgan fingerprint density at radius 2 is 1.58 bits per heavy atom. The van der Waals surface area contributed by atoms with Crippen LogP contribution in [0.1, 0.15) is 20.7 Å². The largest absolute Gasteiger partial charge is 0.321 e.